The third-order valence-electron chi connectivity index (χ3n) is 1.01. The molecule has 0 aromatic heterocycles. The maximum atomic E-state index is 10.6. The molecule has 0 aromatic rings. The zero-order chi connectivity index (χ0) is 6.20. The molecule has 0 fully saturated rings. The summed E-state index contributed by atoms with van der Waals surface area (Å²) >= 11 is 5.43. The Kier molecular flexibility index (Phi) is 1.48. The van der Waals surface area contributed by atoms with Crippen LogP contribution in [0.5, 0.6) is 0 Å². The Labute approximate surface area is 52.6 Å². The van der Waals surface area contributed by atoms with Crippen LogP contribution in [-0.2, 0) is 4.57 Å². The molecule has 1 aliphatic rings. The minimum absolute atomic E-state index is 0.325. The molecule has 46 valence electrons. The Hall–Kier alpha value is 0.220. The summed E-state index contributed by atoms with van der Waals surface area (Å²) in [6, 6.07) is 0. The van der Waals surface area contributed by atoms with Crippen molar-refractivity contribution in [3.63, 3.8) is 0 Å². The van der Waals surface area contributed by atoms with Crippen molar-refractivity contribution in [2.75, 3.05) is 6.16 Å². The number of hydrogen-bond acceptors (Lipinski definition) is 1. The minimum Gasteiger partial charge on any atom is -0.341 e. The standard InChI is InChI=1S/C4H6ClO2P/c5-4-1-2-8(6,7)3-4/h3H,1-2H2,(H,6,7). The van der Waals surface area contributed by atoms with E-state index in [2.05, 4.69) is 0 Å². The van der Waals surface area contributed by atoms with Crippen LogP contribution in [0.25, 0.3) is 0 Å². The Balaban J connectivity index is 2.82. The van der Waals surface area contributed by atoms with Crippen molar-refractivity contribution in [2.45, 2.75) is 6.42 Å². The van der Waals surface area contributed by atoms with E-state index in [1.165, 1.54) is 5.82 Å². The maximum Gasteiger partial charge on any atom is 0.224 e. The van der Waals surface area contributed by atoms with Crippen LogP contribution >= 0.6 is 19.0 Å². The lowest BCUT2D eigenvalue weighted by Gasteiger charge is -1.92. The van der Waals surface area contributed by atoms with Crippen LogP contribution < -0.4 is 0 Å². The Morgan fingerprint density at radius 3 is 2.62 bits per heavy atom. The number of halogens is 1. The third-order valence-corrected chi connectivity index (χ3v) is 3.04. The van der Waals surface area contributed by atoms with E-state index in [0.29, 0.717) is 17.6 Å². The lowest BCUT2D eigenvalue weighted by molar-refractivity contribution is 0.491. The molecule has 1 heterocycles. The molecule has 8 heavy (non-hydrogen) atoms. The van der Waals surface area contributed by atoms with Crippen LogP contribution in [0.15, 0.2) is 10.8 Å². The predicted octanol–water partition coefficient (Wildman–Crippen LogP) is 1.74. The first kappa shape index (κ1) is 6.34. The molecule has 0 aromatic carbocycles. The van der Waals surface area contributed by atoms with Gasteiger partial charge in [0, 0.05) is 17.0 Å². The predicted molar refractivity (Wildman–Crippen MR) is 33.2 cm³/mol. The molecule has 4 heteroatoms. The first-order valence-electron chi connectivity index (χ1n) is 2.29. The fraction of sp³-hybridized carbons (Fsp3) is 0.500. The van der Waals surface area contributed by atoms with E-state index in [4.69, 9.17) is 16.5 Å². The molecular formula is C4H6ClO2P. The van der Waals surface area contributed by atoms with Crippen molar-refractivity contribution in [1.82, 2.24) is 0 Å². The number of rotatable bonds is 0. The van der Waals surface area contributed by atoms with Gasteiger partial charge in [-0.1, -0.05) is 11.6 Å². The maximum absolute atomic E-state index is 10.6. The van der Waals surface area contributed by atoms with Gasteiger partial charge in [0.05, 0.1) is 0 Å². The Morgan fingerprint density at radius 1 is 1.88 bits per heavy atom. The van der Waals surface area contributed by atoms with Crippen molar-refractivity contribution in [1.29, 1.82) is 0 Å². The highest BCUT2D eigenvalue weighted by Gasteiger charge is 2.21. The summed E-state index contributed by atoms with van der Waals surface area (Å²) in [5.74, 6) is 1.26. The highest BCUT2D eigenvalue weighted by atomic mass is 35.5. The molecule has 0 radical (unpaired) electrons. The van der Waals surface area contributed by atoms with Crippen molar-refractivity contribution in [3.05, 3.63) is 10.8 Å². The summed E-state index contributed by atoms with van der Waals surface area (Å²) in [6.45, 7) is 0. The van der Waals surface area contributed by atoms with Crippen LogP contribution in [0.4, 0.5) is 0 Å². The smallest absolute Gasteiger partial charge is 0.224 e. The van der Waals surface area contributed by atoms with Crippen LogP contribution in [0.1, 0.15) is 6.42 Å². The molecule has 1 N–H and O–H groups in total. The molecule has 1 aliphatic heterocycles. The van der Waals surface area contributed by atoms with Crippen LogP contribution in [0.2, 0.25) is 0 Å². The Bertz CT molecular complexity index is 175. The summed E-state index contributed by atoms with van der Waals surface area (Å²) in [7, 11) is -2.89. The van der Waals surface area contributed by atoms with Crippen molar-refractivity contribution in [3.8, 4) is 0 Å². The summed E-state index contributed by atoms with van der Waals surface area (Å²) < 4.78 is 10.6. The van der Waals surface area contributed by atoms with Crippen LogP contribution in [-0.4, -0.2) is 11.1 Å². The second-order valence-corrected chi connectivity index (χ2v) is 4.51. The van der Waals surface area contributed by atoms with Gasteiger partial charge in [-0.2, -0.15) is 0 Å². The van der Waals surface area contributed by atoms with E-state index in [9.17, 15) is 4.57 Å². The summed E-state index contributed by atoms with van der Waals surface area (Å²) in [5, 5.41) is 0.524. The summed E-state index contributed by atoms with van der Waals surface area (Å²) in [4.78, 5) is 8.76. The molecule has 0 aliphatic carbocycles. The monoisotopic (exact) mass is 152 g/mol. The summed E-state index contributed by atoms with van der Waals surface area (Å²) in [5.41, 5.74) is 0. The quantitative estimate of drug-likeness (QED) is 0.537. The summed E-state index contributed by atoms with van der Waals surface area (Å²) in [6.07, 6.45) is 0.890. The normalized spacial score (nSPS) is 37.5. The van der Waals surface area contributed by atoms with Crippen molar-refractivity contribution >= 4 is 19.0 Å². The fourth-order valence-electron chi connectivity index (χ4n) is 0.615. The van der Waals surface area contributed by atoms with E-state index >= 15 is 0 Å². The van der Waals surface area contributed by atoms with Gasteiger partial charge in [0.25, 0.3) is 0 Å². The topological polar surface area (TPSA) is 37.3 Å². The van der Waals surface area contributed by atoms with Crippen LogP contribution in [0.3, 0.4) is 0 Å². The average molecular weight is 153 g/mol. The highest BCUT2D eigenvalue weighted by molar-refractivity contribution is 7.61. The second-order valence-electron chi connectivity index (χ2n) is 1.81. The lowest BCUT2D eigenvalue weighted by Crippen LogP contribution is -1.73. The average Bonchev–Trinajstić information content (AvgIpc) is 1.82. The van der Waals surface area contributed by atoms with E-state index in [0.717, 1.165) is 0 Å². The van der Waals surface area contributed by atoms with Gasteiger partial charge in [-0.05, 0) is 6.42 Å². The second kappa shape index (κ2) is 1.87. The fourth-order valence-corrected chi connectivity index (χ4v) is 2.56. The van der Waals surface area contributed by atoms with Gasteiger partial charge in [-0.15, -0.1) is 0 Å². The van der Waals surface area contributed by atoms with Gasteiger partial charge in [-0.3, -0.25) is 4.57 Å². The van der Waals surface area contributed by atoms with Gasteiger partial charge < -0.3 is 4.89 Å². The molecule has 0 saturated carbocycles. The van der Waals surface area contributed by atoms with E-state index in [-0.39, 0.29) is 0 Å². The molecule has 1 unspecified atom stereocenters. The van der Waals surface area contributed by atoms with E-state index in [1.54, 1.807) is 0 Å². The molecule has 1 atom stereocenters. The molecule has 1 rings (SSSR count). The zero-order valence-electron chi connectivity index (χ0n) is 4.17. The first-order valence-corrected chi connectivity index (χ1v) is 4.58. The zero-order valence-corrected chi connectivity index (χ0v) is 5.82. The van der Waals surface area contributed by atoms with Crippen molar-refractivity contribution in [2.24, 2.45) is 0 Å². The number of allylic oxidation sites excluding steroid dienone is 1. The molecule has 0 saturated heterocycles. The van der Waals surface area contributed by atoms with E-state index < -0.39 is 7.37 Å². The Morgan fingerprint density at radius 2 is 2.50 bits per heavy atom. The molecule has 0 amide bonds. The van der Waals surface area contributed by atoms with Crippen molar-refractivity contribution < 1.29 is 9.46 Å². The highest BCUT2D eigenvalue weighted by Crippen LogP contribution is 2.50. The molecule has 0 bridgehead atoms. The first-order chi connectivity index (χ1) is 3.60. The van der Waals surface area contributed by atoms with Gasteiger partial charge in [0.1, 0.15) is 0 Å². The van der Waals surface area contributed by atoms with E-state index in [1.807, 2.05) is 0 Å². The molecule has 2 nitrogen and oxygen atoms in total. The SMILES string of the molecule is O=P1(O)C=C(Cl)CC1. The number of hydrogen-bond donors (Lipinski definition) is 1. The molecule has 0 spiro atoms. The largest absolute Gasteiger partial charge is 0.341 e. The van der Waals surface area contributed by atoms with Gasteiger partial charge >= 0.3 is 0 Å². The minimum atomic E-state index is -2.89. The molecular weight excluding hydrogens is 146 g/mol. The van der Waals surface area contributed by atoms with Gasteiger partial charge in [0.2, 0.25) is 7.37 Å². The van der Waals surface area contributed by atoms with Crippen LogP contribution in [0, 0.1) is 0 Å². The van der Waals surface area contributed by atoms with Gasteiger partial charge in [-0.25, -0.2) is 0 Å². The van der Waals surface area contributed by atoms with Gasteiger partial charge in [0.15, 0.2) is 0 Å². The lowest BCUT2D eigenvalue weighted by atomic mass is 10.5. The third kappa shape index (κ3) is 1.35.